The van der Waals surface area contributed by atoms with Crippen LogP contribution in [0.2, 0.25) is 0 Å². The van der Waals surface area contributed by atoms with E-state index in [0.29, 0.717) is 26.1 Å². The molecule has 2 N–H and O–H groups in total. The molecule has 1 fully saturated rings. The highest BCUT2D eigenvalue weighted by atomic mass is 19.1. The first-order chi connectivity index (χ1) is 10.5. The summed E-state index contributed by atoms with van der Waals surface area (Å²) in [5.41, 5.74) is 3.51. The number of likely N-dealkylation sites (N-methyl/N-ethyl adjacent to an activating group) is 1. The minimum atomic E-state index is -0.652. The van der Waals surface area contributed by atoms with E-state index in [4.69, 9.17) is 0 Å². The standard InChI is InChI=1S/C15H21FN4O2/c1-19-8-10-20(11-9-19)18-15(22)14(21)17-7-6-12-2-4-13(16)5-3-12/h2-5H,6-11H2,1H3,(H,17,21)(H,18,22). The zero-order valence-corrected chi connectivity index (χ0v) is 12.6. The van der Waals surface area contributed by atoms with Crippen molar-refractivity contribution in [3.05, 3.63) is 35.6 Å². The molecule has 0 saturated carbocycles. The zero-order chi connectivity index (χ0) is 15.9. The van der Waals surface area contributed by atoms with Crippen LogP contribution in [0.1, 0.15) is 5.56 Å². The highest BCUT2D eigenvalue weighted by Gasteiger charge is 2.19. The molecule has 1 aliphatic rings. The van der Waals surface area contributed by atoms with Crippen LogP contribution in [0.5, 0.6) is 0 Å². The fraction of sp³-hybridized carbons (Fsp3) is 0.467. The fourth-order valence-corrected chi connectivity index (χ4v) is 2.16. The topological polar surface area (TPSA) is 64.7 Å². The van der Waals surface area contributed by atoms with Gasteiger partial charge in [0.05, 0.1) is 0 Å². The largest absolute Gasteiger partial charge is 0.347 e. The maximum Gasteiger partial charge on any atom is 0.323 e. The van der Waals surface area contributed by atoms with Crippen molar-refractivity contribution >= 4 is 11.8 Å². The first-order valence-electron chi connectivity index (χ1n) is 7.31. The number of carbonyl (C=O) groups excluding carboxylic acids is 2. The summed E-state index contributed by atoms with van der Waals surface area (Å²) in [6.45, 7) is 3.44. The summed E-state index contributed by atoms with van der Waals surface area (Å²) in [6.07, 6.45) is 0.549. The summed E-state index contributed by atoms with van der Waals surface area (Å²) < 4.78 is 12.8. The fourth-order valence-electron chi connectivity index (χ4n) is 2.16. The van der Waals surface area contributed by atoms with Crippen molar-refractivity contribution in [2.75, 3.05) is 39.8 Å². The summed E-state index contributed by atoms with van der Waals surface area (Å²) in [7, 11) is 2.02. The third kappa shape index (κ3) is 5.09. The van der Waals surface area contributed by atoms with Gasteiger partial charge in [-0.2, -0.15) is 0 Å². The van der Waals surface area contributed by atoms with E-state index in [1.807, 2.05) is 7.05 Å². The Bertz CT molecular complexity index is 513. The number of rotatable bonds is 4. The lowest BCUT2D eigenvalue weighted by Crippen LogP contribution is -2.55. The number of carbonyl (C=O) groups is 2. The second-order valence-electron chi connectivity index (χ2n) is 5.36. The van der Waals surface area contributed by atoms with Crippen LogP contribution in [0, 0.1) is 5.82 Å². The van der Waals surface area contributed by atoms with Crippen molar-refractivity contribution < 1.29 is 14.0 Å². The van der Waals surface area contributed by atoms with Gasteiger partial charge in [-0.25, -0.2) is 9.40 Å². The maximum atomic E-state index is 12.8. The van der Waals surface area contributed by atoms with E-state index >= 15 is 0 Å². The van der Waals surface area contributed by atoms with E-state index in [1.165, 1.54) is 12.1 Å². The predicted octanol–water partition coefficient (Wildman–Crippen LogP) is -0.237. The van der Waals surface area contributed by atoms with Crippen LogP contribution in [0.3, 0.4) is 0 Å². The van der Waals surface area contributed by atoms with E-state index in [1.54, 1.807) is 17.1 Å². The molecule has 0 bridgehead atoms. The molecule has 120 valence electrons. The third-order valence-corrected chi connectivity index (χ3v) is 3.58. The number of hydrazine groups is 1. The number of benzene rings is 1. The molecule has 1 aromatic carbocycles. The van der Waals surface area contributed by atoms with Gasteiger partial charge in [-0.3, -0.25) is 15.0 Å². The number of hydrogen-bond donors (Lipinski definition) is 2. The smallest absolute Gasteiger partial charge is 0.323 e. The number of nitrogens with zero attached hydrogens (tertiary/aromatic N) is 2. The molecule has 0 radical (unpaired) electrons. The molecule has 1 aliphatic heterocycles. The SMILES string of the molecule is CN1CCN(NC(=O)C(=O)NCCc2ccc(F)cc2)CC1. The summed E-state index contributed by atoms with van der Waals surface area (Å²) in [5, 5.41) is 4.31. The lowest BCUT2D eigenvalue weighted by atomic mass is 10.1. The molecule has 1 heterocycles. The number of piperazine rings is 1. The molecule has 0 spiro atoms. The highest BCUT2D eigenvalue weighted by molar-refractivity contribution is 6.34. The minimum absolute atomic E-state index is 0.292. The average molecular weight is 308 g/mol. The Morgan fingerprint density at radius 1 is 1.09 bits per heavy atom. The van der Waals surface area contributed by atoms with Crippen LogP contribution in [-0.4, -0.2) is 61.5 Å². The van der Waals surface area contributed by atoms with Gasteiger partial charge in [-0.1, -0.05) is 12.1 Å². The van der Waals surface area contributed by atoms with Gasteiger partial charge in [0.1, 0.15) is 5.82 Å². The summed E-state index contributed by atoms with van der Waals surface area (Å²) in [4.78, 5) is 25.6. The van der Waals surface area contributed by atoms with Gasteiger partial charge >= 0.3 is 11.8 Å². The monoisotopic (exact) mass is 308 g/mol. The van der Waals surface area contributed by atoms with E-state index in [-0.39, 0.29) is 5.82 Å². The highest BCUT2D eigenvalue weighted by Crippen LogP contribution is 2.02. The number of hydrogen-bond acceptors (Lipinski definition) is 4. The van der Waals surface area contributed by atoms with Crippen LogP contribution in [0.4, 0.5) is 4.39 Å². The second kappa shape index (κ2) is 7.86. The molecule has 0 aliphatic carbocycles. The van der Waals surface area contributed by atoms with E-state index < -0.39 is 11.8 Å². The van der Waals surface area contributed by atoms with Gasteiger partial charge in [0, 0.05) is 32.7 Å². The van der Waals surface area contributed by atoms with Crippen molar-refractivity contribution in [3.63, 3.8) is 0 Å². The third-order valence-electron chi connectivity index (χ3n) is 3.58. The van der Waals surface area contributed by atoms with E-state index in [0.717, 1.165) is 18.7 Å². The van der Waals surface area contributed by atoms with Crippen molar-refractivity contribution in [1.29, 1.82) is 0 Å². The van der Waals surface area contributed by atoms with Crippen LogP contribution >= 0.6 is 0 Å². The average Bonchev–Trinajstić information content (AvgIpc) is 2.51. The first kappa shape index (κ1) is 16.4. The van der Waals surface area contributed by atoms with Gasteiger partial charge in [-0.15, -0.1) is 0 Å². The molecular formula is C15H21FN4O2. The van der Waals surface area contributed by atoms with Crippen molar-refractivity contribution in [2.45, 2.75) is 6.42 Å². The van der Waals surface area contributed by atoms with Gasteiger partial charge in [0.2, 0.25) is 0 Å². The van der Waals surface area contributed by atoms with E-state index in [9.17, 15) is 14.0 Å². The van der Waals surface area contributed by atoms with Gasteiger partial charge < -0.3 is 10.2 Å². The molecule has 0 atom stereocenters. The Morgan fingerprint density at radius 3 is 2.36 bits per heavy atom. The molecular weight excluding hydrogens is 287 g/mol. The molecule has 0 unspecified atom stereocenters. The molecule has 2 rings (SSSR count). The maximum absolute atomic E-state index is 12.8. The number of nitrogens with one attached hydrogen (secondary N) is 2. The Labute approximate surface area is 129 Å². The van der Waals surface area contributed by atoms with Crippen molar-refractivity contribution in [1.82, 2.24) is 20.7 Å². The van der Waals surface area contributed by atoms with Crippen LogP contribution < -0.4 is 10.7 Å². The summed E-state index contributed by atoms with van der Waals surface area (Å²) >= 11 is 0. The normalized spacial score (nSPS) is 16.3. The Morgan fingerprint density at radius 2 is 1.73 bits per heavy atom. The molecule has 7 heteroatoms. The number of halogens is 1. The van der Waals surface area contributed by atoms with Gasteiger partial charge in [-0.05, 0) is 31.2 Å². The molecule has 1 aromatic rings. The first-order valence-corrected chi connectivity index (χ1v) is 7.31. The molecule has 0 aromatic heterocycles. The molecule has 2 amide bonds. The minimum Gasteiger partial charge on any atom is -0.347 e. The summed E-state index contributed by atoms with van der Waals surface area (Å²) in [5.74, 6) is -1.59. The zero-order valence-electron chi connectivity index (χ0n) is 12.6. The summed E-state index contributed by atoms with van der Waals surface area (Å²) in [6, 6.07) is 6.06. The van der Waals surface area contributed by atoms with Crippen LogP contribution in [-0.2, 0) is 16.0 Å². The Hall–Kier alpha value is -1.99. The van der Waals surface area contributed by atoms with Crippen molar-refractivity contribution in [3.8, 4) is 0 Å². The predicted molar refractivity (Wildman–Crippen MR) is 80.3 cm³/mol. The van der Waals surface area contributed by atoms with Crippen LogP contribution in [0.25, 0.3) is 0 Å². The molecule has 22 heavy (non-hydrogen) atoms. The Kier molecular flexibility index (Phi) is 5.85. The lowest BCUT2D eigenvalue weighted by molar-refractivity contribution is -0.142. The van der Waals surface area contributed by atoms with E-state index in [2.05, 4.69) is 15.6 Å². The van der Waals surface area contributed by atoms with Crippen molar-refractivity contribution in [2.24, 2.45) is 0 Å². The van der Waals surface area contributed by atoms with Gasteiger partial charge in [0.25, 0.3) is 0 Å². The second-order valence-corrected chi connectivity index (χ2v) is 5.36. The quantitative estimate of drug-likeness (QED) is 0.754. The van der Waals surface area contributed by atoms with Gasteiger partial charge in [0.15, 0.2) is 0 Å². The number of amides is 2. The molecule has 1 saturated heterocycles. The molecule has 6 nitrogen and oxygen atoms in total. The Balaban J connectivity index is 1.68. The lowest BCUT2D eigenvalue weighted by Gasteiger charge is -2.32. The van der Waals surface area contributed by atoms with Crippen LogP contribution in [0.15, 0.2) is 24.3 Å².